The van der Waals surface area contributed by atoms with Gasteiger partial charge in [0, 0.05) is 12.6 Å². The molecule has 0 saturated carbocycles. The molecule has 0 aliphatic carbocycles. The third-order valence-electron chi connectivity index (χ3n) is 6.59. The molecule has 208 valence electrons. The zero-order valence-electron chi connectivity index (χ0n) is 22.8. The van der Waals surface area contributed by atoms with E-state index in [1.807, 2.05) is 51.1 Å². The smallest absolute Gasteiger partial charge is 0.264 e. The van der Waals surface area contributed by atoms with Gasteiger partial charge in [-0.2, -0.15) is 0 Å². The molecule has 0 bridgehead atoms. The number of para-hydroxylation sites is 1. The number of amides is 2. The highest BCUT2D eigenvalue weighted by Gasteiger charge is 2.34. The lowest BCUT2D eigenvalue weighted by molar-refractivity contribution is -0.140. The number of nitrogens with one attached hydrogen (secondary N) is 1. The molecule has 9 heteroatoms. The van der Waals surface area contributed by atoms with E-state index < -0.39 is 34.3 Å². The molecule has 3 aromatic rings. The Morgan fingerprint density at radius 3 is 2.10 bits per heavy atom. The van der Waals surface area contributed by atoms with Crippen LogP contribution < -0.4 is 9.62 Å². The van der Waals surface area contributed by atoms with E-state index in [1.54, 1.807) is 19.1 Å². The predicted octanol–water partition coefficient (Wildman–Crippen LogP) is 5.05. The van der Waals surface area contributed by atoms with Crippen molar-refractivity contribution in [2.45, 2.75) is 64.1 Å². The Morgan fingerprint density at radius 1 is 0.897 bits per heavy atom. The predicted molar refractivity (Wildman–Crippen MR) is 151 cm³/mol. The summed E-state index contributed by atoms with van der Waals surface area (Å²) in [6.07, 6.45) is 1.02. The molecule has 3 aromatic carbocycles. The van der Waals surface area contributed by atoms with Gasteiger partial charge in [0.25, 0.3) is 10.0 Å². The van der Waals surface area contributed by atoms with Crippen molar-refractivity contribution in [3.63, 3.8) is 0 Å². The fourth-order valence-corrected chi connectivity index (χ4v) is 5.57. The largest absolute Gasteiger partial charge is 0.352 e. The molecular formula is C30H36FN3O4S. The SMILES string of the molecule is CC[C@@H](C)NC(=O)[C@H](CC)N(Cc1ccccc1)C(=O)CN(c1ccccc1F)S(=O)(=O)c1ccc(C)cc1. The fourth-order valence-electron chi connectivity index (χ4n) is 4.15. The molecule has 2 amide bonds. The summed E-state index contributed by atoms with van der Waals surface area (Å²) >= 11 is 0. The minimum absolute atomic E-state index is 0.0692. The van der Waals surface area contributed by atoms with Gasteiger partial charge in [-0.1, -0.05) is 74.0 Å². The van der Waals surface area contributed by atoms with Crippen molar-refractivity contribution in [2.75, 3.05) is 10.8 Å². The van der Waals surface area contributed by atoms with Crippen molar-refractivity contribution in [3.05, 3.63) is 95.8 Å². The zero-order chi connectivity index (χ0) is 28.6. The van der Waals surface area contributed by atoms with Crippen molar-refractivity contribution >= 4 is 27.5 Å². The highest BCUT2D eigenvalue weighted by Crippen LogP contribution is 2.27. The van der Waals surface area contributed by atoms with Crippen molar-refractivity contribution < 1.29 is 22.4 Å². The van der Waals surface area contributed by atoms with Crippen LogP contribution in [0.2, 0.25) is 0 Å². The van der Waals surface area contributed by atoms with Crippen LogP contribution in [0.15, 0.2) is 83.8 Å². The number of rotatable bonds is 12. The van der Waals surface area contributed by atoms with Crippen LogP contribution in [0.25, 0.3) is 0 Å². The van der Waals surface area contributed by atoms with E-state index in [1.165, 1.54) is 35.2 Å². The van der Waals surface area contributed by atoms with E-state index in [-0.39, 0.29) is 29.1 Å². The number of nitrogens with zero attached hydrogens (tertiary/aromatic N) is 2. The number of hydrogen-bond acceptors (Lipinski definition) is 4. The maximum atomic E-state index is 15.0. The summed E-state index contributed by atoms with van der Waals surface area (Å²) in [7, 11) is -4.33. The molecule has 7 nitrogen and oxygen atoms in total. The molecule has 0 spiro atoms. The number of anilines is 1. The van der Waals surface area contributed by atoms with Crippen LogP contribution in [-0.4, -0.2) is 43.8 Å². The lowest BCUT2D eigenvalue weighted by Gasteiger charge is -2.33. The topological polar surface area (TPSA) is 86.8 Å². The molecule has 0 heterocycles. The van der Waals surface area contributed by atoms with Crippen LogP contribution in [0, 0.1) is 12.7 Å². The standard InChI is InChI=1S/C30H36FN3O4S/c1-5-23(4)32-30(36)27(6-2)33(20-24-12-8-7-9-13-24)29(35)21-34(28-15-11-10-14-26(28)31)39(37,38)25-18-16-22(3)17-19-25/h7-19,23,27H,5-6,20-21H2,1-4H3,(H,32,36)/t23-,27+/m1/s1. The zero-order valence-corrected chi connectivity index (χ0v) is 23.6. The second kappa shape index (κ2) is 13.4. The summed E-state index contributed by atoms with van der Waals surface area (Å²) in [5.74, 6) is -1.73. The van der Waals surface area contributed by atoms with Gasteiger partial charge in [-0.25, -0.2) is 12.8 Å². The second-order valence-corrected chi connectivity index (χ2v) is 11.4. The monoisotopic (exact) mass is 553 g/mol. The first-order valence-corrected chi connectivity index (χ1v) is 14.5. The summed E-state index contributed by atoms with van der Waals surface area (Å²) in [6.45, 7) is 6.84. The average Bonchev–Trinajstić information content (AvgIpc) is 2.92. The number of carbonyl (C=O) groups excluding carboxylic acids is 2. The number of aryl methyl sites for hydroxylation is 1. The van der Waals surface area contributed by atoms with Gasteiger partial charge in [-0.3, -0.25) is 13.9 Å². The summed E-state index contributed by atoms with van der Waals surface area (Å²) in [5.41, 5.74) is 1.39. The van der Waals surface area contributed by atoms with Gasteiger partial charge >= 0.3 is 0 Å². The van der Waals surface area contributed by atoms with Crippen molar-refractivity contribution in [2.24, 2.45) is 0 Å². The summed E-state index contributed by atoms with van der Waals surface area (Å²) in [6, 6.07) is 19.8. The lowest BCUT2D eigenvalue weighted by Crippen LogP contribution is -2.53. The molecule has 0 fully saturated rings. The lowest BCUT2D eigenvalue weighted by atomic mass is 10.1. The minimum Gasteiger partial charge on any atom is -0.352 e. The first kappa shape index (κ1) is 29.8. The number of hydrogen-bond donors (Lipinski definition) is 1. The van der Waals surface area contributed by atoms with Gasteiger partial charge < -0.3 is 10.2 Å². The Labute approximate surface area is 230 Å². The van der Waals surface area contributed by atoms with Gasteiger partial charge in [0.1, 0.15) is 18.4 Å². The molecule has 3 rings (SSSR count). The van der Waals surface area contributed by atoms with E-state index in [4.69, 9.17) is 0 Å². The molecule has 2 atom stereocenters. The molecule has 39 heavy (non-hydrogen) atoms. The van der Waals surface area contributed by atoms with Crippen LogP contribution in [0.1, 0.15) is 44.7 Å². The number of carbonyl (C=O) groups is 2. The highest BCUT2D eigenvalue weighted by atomic mass is 32.2. The van der Waals surface area contributed by atoms with Gasteiger partial charge in [0.2, 0.25) is 11.8 Å². The first-order chi connectivity index (χ1) is 18.6. The summed E-state index contributed by atoms with van der Waals surface area (Å²) in [5, 5.41) is 2.93. The van der Waals surface area contributed by atoms with Gasteiger partial charge in [-0.15, -0.1) is 0 Å². The maximum Gasteiger partial charge on any atom is 0.264 e. The Morgan fingerprint density at radius 2 is 1.51 bits per heavy atom. The molecule has 0 aliphatic rings. The molecular weight excluding hydrogens is 517 g/mol. The van der Waals surface area contributed by atoms with Gasteiger partial charge in [-0.05, 0) is 56.5 Å². The highest BCUT2D eigenvalue weighted by molar-refractivity contribution is 7.92. The van der Waals surface area contributed by atoms with E-state index in [2.05, 4.69) is 5.32 Å². The van der Waals surface area contributed by atoms with Gasteiger partial charge in [0.15, 0.2) is 0 Å². The van der Waals surface area contributed by atoms with Crippen LogP contribution in [0.4, 0.5) is 10.1 Å². The van der Waals surface area contributed by atoms with E-state index in [9.17, 15) is 22.4 Å². The second-order valence-electron chi connectivity index (χ2n) is 9.53. The van der Waals surface area contributed by atoms with E-state index >= 15 is 0 Å². The molecule has 0 unspecified atom stereocenters. The molecule has 0 aliphatic heterocycles. The first-order valence-electron chi connectivity index (χ1n) is 13.1. The van der Waals surface area contributed by atoms with Crippen LogP contribution in [0.5, 0.6) is 0 Å². The molecule has 0 radical (unpaired) electrons. The molecule has 0 aromatic heterocycles. The Balaban J connectivity index is 2.05. The molecule has 1 N–H and O–H groups in total. The Bertz CT molecular complexity index is 1360. The fraction of sp³-hybridized carbons (Fsp3) is 0.333. The van der Waals surface area contributed by atoms with E-state index in [0.29, 0.717) is 12.8 Å². The Hall–Kier alpha value is -3.72. The minimum atomic E-state index is -4.33. The summed E-state index contributed by atoms with van der Waals surface area (Å²) < 4.78 is 43.3. The van der Waals surface area contributed by atoms with Crippen molar-refractivity contribution in [3.8, 4) is 0 Å². The van der Waals surface area contributed by atoms with Crippen LogP contribution in [-0.2, 0) is 26.2 Å². The van der Waals surface area contributed by atoms with Crippen molar-refractivity contribution in [1.29, 1.82) is 0 Å². The number of halogens is 1. The number of benzene rings is 3. The quantitative estimate of drug-likeness (QED) is 0.340. The van der Waals surface area contributed by atoms with Gasteiger partial charge in [0.05, 0.1) is 10.6 Å². The number of sulfonamides is 1. The average molecular weight is 554 g/mol. The molecule has 0 saturated heterocycles. The maximum absolute atomic E-state index is 15.0. The van der Waals surface area contributed by atoms with E-state index in [0.717, 1.165) is 21.5 Å². The Kier molecular flexibility index (Phi) is 10.2. The normalized spacial score (nSPS) is 12.8. The third kappa shape index (κ3) is 7.44. The van der Waals surface area contributed by atoms with Crippen molar-refractivity contribution in [1.82, 2.24) is 10.2 Å². The van der Waals surface area contributed by atoms with Crippen LogP contribution >= 0.6 is 0 Å². The summed E-state index contributed by atoms with van der Waals surface area (Å²) in [4.78, 5) is 28.5. The third-order valence-corrected chi connectivity index (χ3v) is 8.37. The van der Waals surface area contributed by atoms with Crippen LogP contribution in [0.3, 0.4) is 0 Å².